The molecule has 6 heteroatoms. The van der Waals surface area contributed by atoms with Crippen molar-refractivity contribution in [3.8, 4) is 0 Å². The van der Waals surface area contributed by atoms with Crippen LogP contribution >= 0.6 is 0 Å². The highest BCUT2D eigenvalue weighted by molar-refractivity contribution is 5.83. The molecular weight excluding hydrogens is 248 g/mol. The van der Waals surface area contributed by atoms with E-state index in [4.69, 9.17) is 5.11 Å². The average Bonchev–Trinajstić information content (AvgIpc) is 2.22. The fourth-order valence-corrected chi connectivity index (χ4v) is 1.71. The first-order chi connectivity index (χ1) is 8.50. The second kappa shape index (κ2) is 6.54. The van der Waals surface area contributed by atoms with Crippen LogP contribution in [0, 0.1) is 10.8 Å². The highest BCUT2D eigenvalue weighted by Crippen LogP contribution is 2.25. The summed E-state index contributed by atoms with van der Waals surface area (Å²) in [4.78, 5) is 34.0. The van der Waals surface area contributed by atoms with Crippen molar-refractivity contribution in [1.29, 1.82) is 0 Å². The summed E-state index contributed by atoms with van der Waals surface area (Å²) in [5.41, 5.74) is -1.30. The average molecular weight is 272 g/mol. The van der Waals surface area contributed by atoms with E-state index in [0.717, 1.165) is 0 Å². The van der Waals surface area contributed by atoms with Crippen molar-refractivity contribution in [2.45, 2.75) is 40.5 Å². The molecule has 0 atom stereocenters. The summed E-state index contributed by atoms with van der Waals surface area (Å²) in [6.07, 6.45) is 0.0440. The number of carbonyl (C=O) groups excluding carboxylic acids is 2. The lowest BCUT2D eigenvalue weighted by molar-refractivity contribution is -0.139. The molecule has 0 aromatic carbocycles. The Morgan fingerprint density at radius 2 is 1.58 bits per heavy atom. The van der Waals surface area contributed by atoms with Gasteiger partial charge >= 0.3 is 5.97 Å². The molecule has 0 aromatic rings. The van der Waals surface area contributed by atoms with E-state index in [1.807, 2.05) is 0 Å². The summed E-state index contributed by atoms with van der Waals surface area (Å²) in [5, 5.41) is 14.0. The lowest BCUT2D eigenvalue weighted by atomic mass is 9.85. The maximum Gasteiger partial charge on any atom is 0.303 e. The monoisotopic (exact) mass is 272 g/mol. The third-order valence-corrected chi connectivity index (χ3v) is 2.84. The minimum Gasteiger partial charge on any atom is -0.481 e. The van der Waals surface area contributed by atoms with Gasteiger partial charge < -0.3 is 15.7 Å². The summed E-state index contributed by atoms with van der Waals surface area (Å²) in [5.74, 6) is -1.33. The minimum atomic E-state index is -0.927. The Morgan fingerprint density at radius 1 is 1.05 bits per heavy atom. The molecule has 0 aromatic heterocycles. The molecule has 0 spiro atoms. The van der Waals surface area contributed by atoms with Crippen LogP contribution in [0.1, 0.15) is 40.5 Å². The first-order valence-corrected chi connectivity index (χ1v) is 6.21. The van der Waals surface area contributed by atoms with Crippen LogP contribution in [0.2, 0.25) is 0 Å². The van der Waals surface area contributed by atoms with Gasteiger partial charge in [0.1, 0.15) is 0 Å². The summed E-state index contributed by atoms with van der Waals surface area (Å²) >= 11 is 0. The zero-order valence-electron chi connectivity index (χ0n) is 12.3. The van der Waals surface area contributed by atoms with Gasteiger partial charge in [-0.3, -0.25) is 14.4 Å². The number of rotatable bonds is 7. The molecular formula is C13H24N2O4. The Bertz CT molecular complexity index is 362. The number of nitrogens with one attached hydrogen (secondary N) is 2. The van der Waals surface area contributed by atoms with Gasteiger partial charge in [-0.1, -0.05) is 13.8 Å². The lowest BCUT2D eigenvalue weighted by Gasteiger charge is -2.25. The van der Waals surface area contributed by atoms with Crippen molar-refractivity contribution in [2.75, 3.05) is 13.6 Å². The van der Waals surface area contributed by atoms with E-state index in [9.17, 15) is 14.4 Å². The number of aliphatic carboxylic acids is 1. The largest absolute Gasteiger partial charge is 0.481 e. The SMILES string of the molecule is CNC(=O)C(C)(C)CNC(=O)CC(C)(C)CC(=O)O. The maximum absolute atomic E-state index is 11.8. The fraction of sp³-hybridized carbons (Fsp3) is 0.769. The molecule has 0 fully saturated rings. The number of carboxylic acids is 1. The van der Waals surface area contributed by atoms with Crippen LogP contribution in [0.3, 0.4) is 0 Å². The number of carbonyl (C=O) groups is 3. The highest BCUT2D eigenvalue weighted by atomic mass is 16.4. The summed E-state index contributed by atoms with van der Waals surface area (Å²) in [7, 11) is 1.54. The van der Waals surface area contributed by atoms with Crippen LogP contribution in [0.15, 0.2) is 0 Å². The number of carboxylic acid groups (broad SMARTS) is 1. The molecule has 0 radical (unpaired) electrons. The molecule has 0 aliphatic carbocycles. The van der Waals surface area contributed by atoms with Gasteiger partial charge in [-0.2, -0.15) is 0 Å². The highest BCUT2D eigenvalue weighted by Gasteiger charge is 2.29. The van der Waals surface area contributed by atoms with Gasteiger partial charge in [-0.25, -0.2) is 0 Å². The molecule has 2 amide bonds. The molecule has 0 bridgehead atoms. The Balaban J connectivity index is 4.34. The molecule has 6 nitrogen and oxygen atoms in total. The van der Waals surface area contributed by atoms with Gasteiger partial charge in [-0.05, 0) is 19.3 Å². The van der Waals surface area contributed by atoms with E-state index >= 15 is 0 Å². The topological polar surface area (TPSA) is 95.5 Å². The van der Waals surface area contributed by atoms with Crippen LogP contribution in [-0.4, -0.2) is 36.5 Å². The number of hydrogen-bond donors (Lipinski definition) is 3. The molecule has 0 aliphatic heterocycles. The first-order valence-electron chi connectivity index (χ1n) is 6.21. The molecule has 0 saturated carbocycles. The molecule has 0 rings (SSSR count). The zero-order valence-corrected chi connectivity index (χ0v) is 12.3. The summed E-state index contributed by atoms with van der Waals surface area (Å²) in [6.45, 7) is 7.13. The van der Waals surface area contributed by atoms with Gasteiger partial charge in [0, 0.05) is 20.0 Å². The predicted molar refractivity (Wildman–Crippen MR) is 71.5 cm³/mol. The van der Waals surface area contributed by atoms with Gasteiger partial charge in [-0.15, -0.1) is 0 Å². The smallest absolute Gasteiger partial charge is 0.303 e. The second-order valence-corrected chi connectivity index (χ2v) is 6.15. The first kappa shape index (κ1) is 17.4. The van der Waals surface area contributed by atoms with Crippen molar-refractivity contribution in [2.24, 2.45) is 10.8 Å². The molecule has 0 saturated heterocycles. The quantitative estimate of drug-likeness (QED) is 0.637. The molecule has 110 valence electrons. The number of amides is 2. The molecule has 3 N–H and O–H groups in total. The van der Waals surface area contributed by atoms with E-state index in [1.165, 1.54) is 0 Å². The van der Waals surface area contributed by atoms with E-state index in [0.29, 0.717) is 0 Å². The molecule has 19 heavy (non-hydrogen) atoms. The maximum atomic E-state index is 11.8. The third-order valence-electron chi connectivity index (χ3n) is 2.84. The van der Waals surface area contributed by atoms with E-state index in [2.05, 4.69) is 10.6 Å². The van der Waals surface area contributed by atoms with Crippen LogP contribution in [0.5, 0.6) is 0 Å². The van der Waals surface area contributed by atoms with E-state index < -0.39 is 16.8 Å². The Kier molecular flexibility index (Phi) is 5.99. The summed E-state index contributed by atoms with van der Waals surface area (Å²) < 4.78 is 0. The van der Waals surface area contributed by atoms with Gasteiger partial charge in [0.2, 0.25) is 11.8 Å². The standard InChI is InChI=1S/C13H24N2O4/c1-12(2,7-10(17)18)6-9(16)15-8-13(3,4)11(19)14-5/h6-8H2,1-5H3,(H,14,19)(H,15,16)(H,17,18). The Hall–Kier alpha value is -1.59. The van der Waals surface area contributed by atoms with Crippen molar-refractivity contribution in [3.05, 3.63) is 0 Å². The van der Waals surface area contributed by atoms with Crippen LogP contribution in [0.4, 0.5) is 0 Å². The lowest BCUT2D eigenvalue weighted by Crippen LogP contribution is -2.44. The molecule has 0 aliphatic rings. The second-order valence-electron chi connectivity index (χ2n) is 6.15. The Labute approximate surface area is 113 Å². The van der Waals surface area contributed by atoms with Gasteiger partial charge in [0.15, 0.2) is 0 Å². The third kappa shape index (κ3) is 6.79. The van der Waals surface area contributed by atoms with Crippen LogP contribution < -0.4 is 10.6 Å². The van der Waals surface area contributed by atoms with Crippen molar-refractivity contribution >= 4 is 17.8 Å². The van der Waals surface area contributed by atoms with E-state index in [1.54, 1.807) is 34.7 Å². The predicted octanol–water partition coefficient (Wildman–Crippen LogP) is 0.766. The summed E-state index contributed by atoms with van der Waals surface area (Å²) in [6, 6.07) is 0. The fourth-order valence-electron chi connectivity index (χ4n) is 1.71. The molecule has 0 heterocycles. The Morgan fingerprint density at radius 3 is 2.00 bits per heavy atom. The van der Waals surface area contributed by atoms with Crippen molar-refractivity contribution in [3.63, 3.8) is 0 Å². The van der Waals surface area contributed by atoms with Crippen molar-refractivity contribution < 1.29 is 19.5 Å². The van der Waals surface area contributed by atoms with Crippen LogP contribution in [-0.2, 0) is 14.4 Å². The normalized spacial score (nSPS) is 11.8. The number of hydrogen-bond acceptors (Lipinski definition) is 3. The minimum absolute atomic E-state index is 0.0702. The van der Waals surface area contributed by atoms with Crippen molar-refractivity contribution in [1.82, 2.24) is 10.6 Å². The molecule has 0 unspecified atom stereocenters. The van der Waals surface area contributed by atoms with Crippen LogP contribution in [0.25, 0.3) is 0 Å². The zero-order chi connectivity index (χ0) is 15.3. The van der Waals surface area contributed by atoms with Gasteiger partial charge in [0.25, 0.3) is 0 Å². The van der Waals surface area contributed by atoms with E-state index in [-0.39, 0.29) is 31.2 Å². The van der Waals surface area contributed by atoms with Gasteiger partial charge in [0.05, 0.1) is 11.8 Å².